The van der Waals surface area contributed by atoms with Crippen molar-refractivity contribution < 1.29 is 66.2 Å². The zero-order chi connectivity index (χ0) is 47.6. The fraction of sp³-hybridized carbons (Fsp3) is 0.674. The van der Waals surface area contributed by atoms with Crippen molar-refractivity contribution in [3.05, 3.63) is 59.2 Å². The van der Waals surface area contributed by atoms with Gasteiger partial charge in [-0.25, -0.2) is 13.3 Å². The minimum Gasteiger partial charge on any atom is -0.390 e. The fourth-order valence-corrected chi connectivity index (χ4v) is 13.7. The summed E-state index contributed by atoms with van der Waals surface area (Å²) in [6.45, 7) is 2.33. The highest BCUT2D eigenvalue weighted by Crippen LogP contribution is 2.73. The fourth-order valence-electron chi connectivity index (χ4n) is 13.3. The molecular formula is C46H60BrF2N4O12P. The molecule has 11 atom stereocenters. The van der Waals surface area contributed by atoms with Crippen molar-refractivity contribution in [2.75, 3.05) is 25.0 Å². The Hall–Kier alpha value is -3.26. The second kappa shape index (κ2) is 18.2. The van der Waals surface area contributed by atoms with Crippen LogP contribution in [-0.4, -0.2) is 111 Å². The minimum absolute atomic E-state index is 0.00401. The third-order valence-electron chi connectivity index (χ3n) is 16.2. The van der Waals surface area contributed by atoms with Crippen LogP contribution in [0.15, 0.2) is 48.1 Å². The molecule has 8 N–H and O–H groups in total. The van der Waals surface area contributed by atoms with Crippen LogP contribution >= 0.6 is 23.8 Å². The van der Waals surface area contributed by atoms with Crippen molar-refractivity contribution in [3.63, 3.8) is 0 Å². The number of phosphoric acid groups is 1. The highest BCUT2D eigenvalue weighted by molar-refractivity contribution is 9.09. The molecule has 1 aromatic carbocycles. The van der Waals surface area contributed by atoms with Gasteiger partial charge in [0.1, 0.15) is 18.8 Å². The third-order valence-corrected chi connectivity index (χ3v) is 17.2. The third kappa shape index (κ3) is 8.60. The van der Waals surface area contributed by atoms with Crippen LogP contribution in [0.3, 0.4) is 0 Å². The van der Waals surface area contributed by atoms with E-state index in [0.717, 1.165) is 43.7 Å². The molecule has 1 aromatic rings. The Labute approximate surface area is 390 Å². The predicted octanol–water partition coefficient (Wildman–Crippen LogP) is 3.79. The summed E-state index contributed by atoms with van der Waals surface area (Å²) in [6, 6.07) is 6.82. The molecule has 1 spiro atoms. The van der Waals surface area contributed by atoms with E-state index in [9.17, 15) is 43.4 Å². The van der Waals surface area contributed by atoms with Crippen LogP contribution in [0.4, 0.5) is 8.78 Å². The van der Waals surface area contributed by atoms with Gasteiger partial charge in [0.05, 0.1) is 24.1 Å². The summed E-state index contributed by atoms with van der Waals surface area (Å²) in [7, 11) is -5.13. The number of halogens is 3. The van der Waals surface area contributed by atoms with E-state index in [1.165, 1.54) is 19.1 Å². The number of benzene rings is 1. The van der Waals surface area contributed by atoms with Crippen molar-refractivity contribution >= 4 is 53.0 Å². The molecule has 1 heterocycles. The number of hydrogen-bond acceptors (Lipinski definition) is 11. The molecule has 16 nitrogen and oxygen atoms in total. The van der Waals surface area contributed by atoms with E-state index in [4.69, 9.17) is 19.7 Å². The molecule has 1 aliphatic heterocycles. The molecule has 6 aliphatic carbocycles. The first-order valence-electron chi connectivity index (χ1n) is 22.8. The number of hydrogen-bond donors (Lipinski definition) is 7. The smallest absolute Gasteiger partial charge is 0.390 e. The van der Waals surface area contributed by atoms with E-state index in [2.05, 4.69) is 31.9 Å². The molecule has 66 heavy (non-hydrogen) atoms. The number of Topliss-reactive ketones (excluding diaryl/α,β-unsaturated/α-hetero) is 1. The Bertz CT molecular complexity index is 2220. The topological polar surface area (TPSA) is 253 Å². The van der Waals surface area contributed by atoms with Gasteiger partial charge in [0.25, 0.3) is 0 Å². The Morgan fingerprint density at radius 2 is 1.74 bits per heavy atom. The molecule has 0 radical (unpaired) electrons. The van der Waals surface area contributed by atoms with Crippen molar-refractivity contribution in [3.8, 4) is 0 Å². The maximum atomic E-state index is 17.9. The predicted molar refractivity (Wildman–Crippen MR) is 237 cm³/mol. The second-order valence-corrected chi connectivity index (χ2v) is 22.0. The second-order valence-electron chi connectivity index (χ2n) is 20.2. The normalized spacial score (nSPS) is 39.0. The summed E-state index contributed by atoms with van der Waals surface area (Å²) in [4.78, 5) is 83.0. The van der Waals surface area contributed by atoms with Gasteiger partial charge in [-0.05, 0) is 125 Å². The highest BCUT2D eigenvalue weighted by atomic mass is 79.9. The van der Waals surface area contributed by atoms with Gasteiger partial charge in [0.2, 0.25) is 17.7 Å². The van der Waals surface area contributed by atoms with E-state index in [0.29, 0.717) is 37.3 Å². The number of aliphatic hydroxyl groups is 1. The number of amides is 3. The van der Waals surface area contributed by atoms with Gasteiger partial charge in [-0.1, -0.05) is 53.2 Å². The number of ketones is 2. The Morgan fingerprint density at radius 3 is 2.41 bits per heavy atom. The van der Waals surface area contributed by atoms with Crippen LogP contribution in [-0.2, 0) is 49.0 Å². The van der Waals surface area contributed by atoms with E-state index in [1.54, 1.807) is 6.92 Å². The van der Waals surface area contributed by atoms with E-state index in [-0.39, 0.29) is 60.0 Å². The first-order valence-corrected chi connectivity index (χ1v) is 25.5. The number of carbonyl (C=O) groups is 5. The number of fused-ring (bicyclic) bond motifs is 7. The lowest BCUT2D eigenvalue weighted by Gasteiger charge is -2.63. The minimum atomic E-state index is -5.13. The number of allylic oxidation sites excluding steroid dienone is 4. The summed E-state index contributed by atoms with van der Waals surface area (Å²) in [6.07, 6.45) is 3.57. The van der Waals surface area contributed by atoms with Crippen LogP contribution in [0.1, 0.15) is 95.5 Å². The zero-order valence-corrected chi connectivity index (χ0v) is 39.5. The Kier molecular flexibility index (Phi) is 13.6. The summed E-state index contributed by atoms with van der Waals surface area (Å²) in [5.74, 6) is -3.86. The standard InChI is InChI=1S/C46H60BrF2N4O12P/c1-42-11-10-29(54)14-32(42)33(48)15-31-30-16-37-46(36(56)24-63-66(60,61)62,43(30,2)21-35(55)45(31,42)49)65-41(64-37)27-8-6-25(7-9-27)13-26-17-44(18-26)19-28(20-44)52-40(59)34(5-3-4-12-50)53-39(58)23-51-38(57)22-47/h6-11,14,26,28,30-31,33-35,37,41,55H,3-5,12-13,15-24,50H2,1-2H3,(H,51,57)(H,52,59)(H,53,58)(H2,60,61,62)/t26?,28?,30-,31-,33-,34-,35-,37+,41+,42-,43-,44?,45-,46+/m0/s1. The average molecular weight is 1010 g/mol. The van der Waals surface area contributed by atoms with E-state index in [1.807, 2.05) is 24.3 Å². The summed E-state index contributed by atoms with van der Waals surface area (Å²) in [5.41, 5.74) is -0.0616. The molecule has 7 aliphatic rings. The van der Waals surface area contributed by atoms with Gasteiger partial charge >= 0.3 is 7.82 Å². The first kappa shape index (κ1) is 49.2. The molecule has 0 bridgehead atoms. The number of nitrogens with two attached hydrogens (primary N) is 1. The van der Waals surface area contributed by atoms with Crippen LogP contribution in [0.25, 0.3) is 0 Å². The summed E-state index contributed by atoms with van der Waals surface area (Å²) < 4.78 is 63.6. The maximum Gasteiger partial charge on any atom is 0.470 e. The van der Waals surface area contributed by atoms with Crippen molar-refractivity contribution in [2.24, 2.45) is 39.7 Å². The Balaban J connectivity index is 0.901. The summed E-state index contributed by atoms with van der Waals surface area (Å²) in [5, 5.41) is 20.3. The lowest BCUT2D eigenvalue weighted by Crippen LogP contribution is -2.70. The molecular weight excluding hydrogens is 949 g/mol. The number of ether oxygens (including phenoxy) is 2. The number of unbranched alkanes of at least 4 members (excludes halogenated alkanes) is 1. The van der Waals surface area contributed by atoms with Gasteiger partial charge in [0.15, 0.2) is 29.1 Å². The Morgan fingerprint density at radius 1 is 1.03 bits per heavy atom. The largest absolute Gasteiger partial charge is 0.470 e. The zero-order valence-electron chi connectivity index (χ0n) is 37.0. The molecule has 20 heteroatoms. The van der Waals surface area contributed by atoms with Gasteiger partial charge in [-0.2, -0.15) is 0 Å². The van der Waals surface area contributed by atoms with Gasteiger partial charge in [0, 0.05) is 28.4 Å². The maximum absolute atomic E-state index is 17.9. The number of alkyl halides is 3. The first-order chi connectivity index (χ1) is 31.1. The van der Waals surface area contributed by atoms with Crippen LogP contribution in [0.5, 0.6) is 0 Å². The number of rotatable bonds is 17. The van der Waals surface area contributed by atoms with Crippen LogP contribution < -0.4 is 21.7 Å². The molecule has 0 aromatic heterocycles. The van der Waals surface area contributed by atoms with E-state index < -0.39 is 96.6 Å². The molecule has 6 fully saturated rings. The lowest BCUT2D eigenvalue weighted by atomic mass is 9.44. The van der Waals surface area contributed by atoms with Crippen molar-refractivity contribution in [1.82, 2.24) is 16.0 Å². The number of nitrogens with one attached hydrogen (secondary N) is 3. The quantitative estimate of drug-likeness (QED) is 0.0668. The molecule has 3 amide bonds. The number of aliphatic hydroxyl groups excluding tert-OH is 1. The summed E-state index contributed by atoms with van der Waals surface area (Å²) >= 11 is 3.04. The van der Waals surface area contributed by atoms with Crippen LogP contribution in [0.2, 0.25) is 0 Å². The average Bonchev–Trinajstić information content (AvgIpc) is 3.74. The molecule has 1 saturated heterocycles. The number of phosphoric ester groups is 1. The molecule has 362 valence electrons. The molecule has 8 rings (SSSR count). The highest BCUT2D eigenvalue weighted by Gasteiger charge is 2.80. The van der Waals surface area contributed by atoms with E-state index >= 15 is 8.78 Å². The lowest BCUT2D eigenvalue weighted by molar-refractivity contribution is -0.235. The van der Waals surface area contributed by atoms with Gasteiger partial charge in [-0.15, -0.1) is 0 Å². The van der Waals surface area contributed by atoms with Gasteiger partial charge < -0.3 is 46.1 Å². The molecule has 5 saturated carbocycles. The van der Waals surface area contributed by atoms with Crippen LogP contribution in [0, 0.1) is 34.0 Å². The van der Waals surface area contributed by atoms with Gasteiger partial charge in [-0.3, -0.25) is 28.5 Å². The SMILES string of the molecule is C[C@]12C=CC(=O)C=C1[C@@H](F)C[C@H]1[C@@H]3C[C@H]4O[C@@H](c5ccc(CC6CC7(C6)CC(NC(=O)[C@H](CCCCN)NC(=O)CNC(=O)CBr)C7)cc5)O[C@@]4(C(=O)COP(=O)(O)O)[C@@]3(C)C[C@H](O)[C@@]12F. The monoisotopic (exact) mass is 1010 g/mol. The number of carbonyl (C=O) groups excluding carboxylic acids is 5. The van der Waals surface area contributed by atoms with Crippen molar-refractivity contribution in [2.45, 2.75) is 132 Å². The van der Waals surface area contributed by atoms with Crippen molar-refractivity contribution in [1.29, 1.82) is 0 Å². The molecule has 0 unspecified atom stereocenters.